The quantitative estimate of drug-likeness (QED) is 0.366. The van der Waals surface area contributed by atoms with E-state index in [-0.39, 0.29) is 45.5 Å². The first kappa shape index (κ1) is 20.7. The zero-order valence-corrected chi connectivity index (χ0v) is 19.5. The Morgan fingerprint density at radius 3 is 2.69 bits per heavy atom. The maximum atomic E-state index is 15.4. The molecule has 0 aliphatic heterocycles. The lowest BCUT2D eigenvalue weighted by molar-refractivity contribution is 0.0195. The van der Waals surface area contributed by atoms with Crippen LogP contribution in [0, 0.1) is 18.6 Å². The van der Waals surface area contributed by atoms with Crippen LogP contribution < -0.4 is 10.1 Å². The van der Waals surface area contributed by atoms with E-state index in [9.17, 15) is 13.9 Å². The molecule has 36 heavy (non-hydrogen) atoms. The highest BCUT2D eigenvalue weighted by Gasteiger charge is 2.29. The van der Waals surface area contributed by atoms with E-state index in [2.05, 4.69) is 20.4 Å². The van der Waals surface area contributed by atoms with Gasteiger partial charge in [0.05, 0.1) is 40.6 Å². The Bertz CT molecular complexity index is 1540. The second-order valence-corrected chi connectivity index (χ2v) is 9.39. The maximum absolute atomic E-state index is 15.4. The lowest BCUT2D eigenvalue weighted by Crippen LogP contribution is -2.36. The van der Waals surface area contributed by atoms with Crippen molar-refractivity contribution in [1.29, 1.82) is 0 Å². The van der Waals surface area contributed by atoms with Gasteiger partial charge in [0.25, 0.3) is 6.43 Å². The smallest absolute Gasteiger partial charge is 0.256 e. The van der Waals surface area contributed by atoms with Crippen LogP contribution in [0.25, 0.3) is 27.7 Å². The fraction of sp³-hybridized carbons (Fsp3) is 0.458. The third-order valence-corrected chi connectivity index (χ3v) is 6.65. The summed E-state index contributed by atoms with van der Waals surface area (Å²) in [6, 6.07) is 2.16. The average molecular weight is 510 g/mol. The number of fused-ring (bicyclic) bond motifs is 2. The van der Waals surface area contributed by atoms with Gasteiger partial charge >= 0.3 is 0 Å². The molecule has 3 heterocycles. The van der Waals surface area contributed by atoms with Crippen LogP contribution in [0.2, 0.25) is 0 Å². The van der Waals surface area contributed by atoms with E-state index in [4.69, 9.17) is 8.85 Å². The van der Waals surface area contributed by atoms with Crippen LogP contribution in [0.1, 0.15) is 42.5 Å². The van der Waals surface area contributed by atoms with Gasteiger partial charge in [-0.15, -0.1) is 5.10 Å². The molecule has 1 saturated carbocycles. The molecular formula is C24H26F4N6O2. The van der Waals surface area contributed by atoms with E-state index in [1.807, 2.05) is 0 Å². The van der Waals surface area contributed by atoms with E-state index in [0.29, 0.717) is 25.7 Å². The Labute approximate surface area is 208 Å². The van der Waals surface area contributed by atoms with Crippen LogP contribution >= 0.6 is 0 Å². The van der Waals surface area contributed by atoms with E-state index in [0.717, 1.165) is 21.3 Å². The number of nitrogens with one attached hydrogen (secondary N) is 1. The largest absolute Gasteiger partial charge is 0.479 e. The van der Waals surface area contributed by atoms with E-state index < -0.39 is 43.1 Å². The van der Waals surface area contributed by atoms with Crippen molar-refractivity contribution in [3.8, 4) is 17.0 Å². The number of nitrogens with zero attached hydrogens (tertiary/aromatic N) is 5. The summed E-state index contributed by atoms with van der Waals surface area (Å²) < 4.78 is 87.0. The normalized spacial score (nSPS) is 22.1. The van der Waals surface area contributed by atoms with Crippen molar-refractivity contribution >= 4 is 22.5 Å². The summed E-state index contributed by atoms with van der Waals surface area (Å²) in [4.78, 5) is 8.22. The topological polar surface area (TPSA) is 89.5 Å². The molecule has 1 aliphatic carbocycles. The number of anilines is 1. The van der Waals surface area contributed by atoms with Crippen molar-refractivity contribution in [2.24, 2.45) is 0 Å². The fourth-order valence-electron chi connectivity index (χ4n) is 4.81. The van der Waals surface area contributed by atoms with Crippen molar-refractivity contribution in [1.82, 2.24) is 24.1 Å². The third-order valence-electron chi connectivity index (χ3n) is 6.65. The summed E-state index contributed by atoms with van der Waals surface area (Å²) in [6.45, 7) is 2.46. The van der Waals surface area contributed by atoms with Crippen LogP contribution in [-0.4, -0.2) is 54.4 Å². The van der Waals surface area contributed by atoms with Crippen molar-refractivity contribution < 1.29 is 31.5 Å². The molecule has 0 radical (unpaired) electrons. The van der Waals surface area contributed by atoms with Gasteiger partial charge in [-0.3, -0.25) is 0 Å². The fourth-order valence-corrected chi connectivity index (χ4v) is 4.81. The Balaban J connectivity index is 1.64. The number of imidazole rings is 1. The Morgan fingerprint density at radius 2 is 2.00 bits per heavy atom. The number of rotatable bonds is 6. The minimum absolute atomic E-state index is 0.0206. The van der Waals surface area contributed by atoms with Gasteiger partial charge in [-0.1, -0.05) is 0 Å². The third kappa shape index (κ3) is 4.34. The minimum atomic E-state index is -2.96. The molecule has 0 saturated heterocycles. The Morgan fingerprint density at radius 1 is 1.25 bits per heavy atom. The predicted molar refractivity (Wildman–Crippen MR) is 125 cm³/mol. The molecule has 1 fully saturated rings. The molecule has 1 aliphatic rings. The number of methoxy groups -OCH3 is 1. The standard InChI is InChI=1S/C24H26F4N6O2/c1-12-29-20-15(25)8-13(9-17(20)33(12)11-18(27)28)19-16(26)10-34-21(19)22(36-3)31-23(32-34)30-14-4-6-24(2,35)7-5-14/h8-10,14,18,35H,4-7,11H2,1-3H3,(H,30,32)/i3D3. The highest BCUT2D eigenvalue weighted by atomic mass is 19.3. The molecule has 1 aromatic carbocycles. The Hall–Kier alpha value is -3.41. The SMILES string of the molecule is [2H]C([2H])([2H])Oc1nc(NC2CCC(C)(O)CC2)nn2cc(F)c(-c3cc(F)c4nc(C)n(CC(F)F)c4c3)c12. The van der Waals surface area contributed by atoms with Crippen LogP contribution in [0.4, 0.5) is 23.5 Å². The zero-order chi connectivity index (χ0) is 28.3. The van der Waals surface area contributed by atoms with E-state index in [1.54, 1.807) is 6.92 Å². The summed E-state index contributed by atoms with van der Waals surface area (Å²) >= 11 is 0. The lowest BCUT2D eigenvalue weighted by Gasteiger charge is -2.33. The molecule has 0 amide bonds. The van der Waals surface area contributed by atoms with Gasteiger partial charge in [0.15, 0.2) is 11.6 Å². The highest BCUT2D eigenvalue weighted by Crippen LogP contribution is 2.37. The van der Waals surface area contributed by atoms with Gasteiger partial charge < -0.3 is 19.7 Å². The zero-order valence-electron chi connectivity index (χ0n) is 22.5. The number of ether oxygens (including phenoxy) is 1. The number of aryl methyl sites for hydroxylation is 1. The maximum Gasteiger partial charge on any atom is 0.256 e. The Kier molecular flexibility index (Phi) is 5.14. The van der Waals surface area contributed by atoms with Crippen molar-refractivity contribution in [3.05, 3.63) is 35.8 Å². The molecule has 8 nitrogen and oxygen atoms in total. The number of halogens is 4. The number of alkyl halides is 2. The molecule has 0 bridgehead atoms. The molecule has 0 atom stereocenters. The molecule has 12 heteroatoms. The van der Waals surface area contributed by atoms with Crippen LogP contribution in [0.15, 0.2) is 18.3 Å². The average Bonchev–Trinajstić information content (AvgIpc) is 3.30. The number of aromatic nitrogens is 5. The molecule has 0 unspecified atom stereocenters. The van der Waals surface area contributed by atoms with Gasteiger partial charge in [0, 0.05) is 6.04 Å². The van der Waals surface area contributed by atoms with E-state index in [1.165, 1.54) is 13.0 Å². The van der Waals surface area contributed by atoms with E-state index >= 15 is 8.78 Å². The summed E-state index contributed by atoms with van der Waals surface area (Å²) in [5.74, 6) is -2.11. The van der Waals surface area contributed by atoms with Gasteiger partial charge in [-0.25, -0.2) is 27.1 Å². The van der Waals surface area contributed by atoms with Crippen LogP contribution in [0.5, 0.6) is 5.88 Å². The molecule has 4 aromatic rings. The summed E-state index contributed by atoms with van der Waals surface area (Å²) in [5, 5.41) is 17.6. The monoisotopic (exact) mass is 509 g/mol. The number of hydrogen-bond donors (Lipinski definition) is 2. The number of hydrogen-bond acceptors (Lipinski definition) is 6. The predicted octanol–water partition coefficient (Wildman–Crippen LogP) is 4.71. The second kappa shape index (κ2) is 8.91. The molecule has 3 aromatic heterocycles. The highest BCUT2D eigenvalue weighted by molar-refractivity contribution is 5.90. The van der Waals surface area contributed by atoms with Crippen molar-refractivity contribution in [3.63, 3.8) is 0 Å². The van der Waals surface area contributed by atoms with Crippen molar-refractivity contribution in [2.75, 3.05) is 12.4 Å². The van der Waals surface area contributed by atoms with Gasteiger partial charge in [-0.2, -0.15) is 4.98 Å². The molecule has 2 N–H and O–H groups in total. The first-order chi connectivity index (χ1) is 18.2. The first-order valence-electron chi connectivity index (χ1n) is 12.9. The van der Waals surface area contributed by atoms with Gasteiger partial charge in [0.1, 0.15) is 16.9 Å². The summed E-state index contributed by atoms with van der Waals surface area (Å²) in [7, 11) is -2.96. The first-order valence-corrected chi connectivity index (χ1v) is 11.4. The molecule has 5 rings (SSSR count). The molecule has 192 valence electrons. The molecular weight excluding hydrogens is 480 g/mol. The minimum Gasteiger partial charge on any atom is -0.479 e. The van der Waals surface area contributed by atoms with Gasteiger partial charge in [-0.05, 0) is 57.2 Å². The van der Waals surface area contributed by atoms with Crippen LogP contribution in [-0.2, 0) is 6.54 Å². The number of aliphatic hydroxyl groups is 1. The van der Waals surface area contributed by atoms with Crippen LogP contribution in [0.3, 0.4) is 0 Å². The number of benzene rings is 1. The second-order valence-electron chi connectivity index (χ2n) is 9.39. The summed E-state index contributed by atoms with van der Waals surface area (Å²) in [6.07, 6.45) is 0.487. The summed E-state index contributed by atoms with van der Waals surface area (Å²) in [5.41, 5.74) is -1.43. The lowest BCUT2D eigenvalue weighted by atomic mass is 9.84. The van der Waals surface area contributed by atoms with Crippen molar-refractivity contribution in [2.45, 2.75) is 64.1 Å². The van der Waals surface area contributed by atoms with Gasteiger partial charge in [0.2, 0.25) is 11.8 Å². The molecule has 0 spiro atoms.